The van der Waals surface area contributed by atoms with Gasteiger partial charge in [0.25, 0.3) is 0 Å². The summed E-state index contributed by atoms with van der Waals surface area (Å²) in [6, 6.07) is 1.49. The maximum absolute atomic E-state index is 13.6. The number of hydrogen-bond donors (Lipinski definition) is 2. The zero-order valence-electron chi connectivity index (χ0n) is 11.0. The Morgan fingerprint density at radius 1 is 1.40 bits per heavy atom. The highest BCUT2D eigenvalue weighted by atomic mass is 32.2. The van der Waals surface area contributed by atoms with Crippen molar-refractivity contribution in [3.63, 3.8) is 0 Å². The molecule has 0 aliphatic heterocycles. The quantitative estimate of drug-likeness (QED) is 0.765. The minimum atomic E-state index is -4.29. The van der Waals surface area contributed by atoms with Crippen LogP contribution < -0.4 is 10.5 Å². The predicted octanol–water partition coefficient (Wildman–Crippen LogP) is 0.304. The van der Waals surface area contributed by atoms with Crippen LogP contribution in [0.25, 0.3) is 0 Å². The van der Waals surface area contributed by atoms with Gasteiger partial charge in [0, 0.05) is 13.6 Å². The van der Waals surface area contributed by atoms with Crippen LogP contribution in [0.4, 0.5) is 14.5 Å². The minimum absolute atomic E-state index is 0.401. The second kappa shape index (κ2) is 6.14. The standard InChI is InChI=1S/C11H15F2N3O3S/c1-3-16(2)9(17)6-15-20(18,19)8-5-4-7(12)11(14)10(8)13/h4-5,15H,3,6,14H2,1-2H3. The molecule has 1 aromatic rings. The maximum atomic E-state index is 13.6. The zero-order valence-corrected chi connectivity index (χ0v) is 11.8. The highest BCUT2D eigenvalue weighted by Crippen LogP contribution is 2.22. The molecule has 112 valence electrons. The molecule has 0 fully saturated rings. The van der Waals surface area contributed by atoms with Crippen molar-refractivity contribution in [3.05, 3.63) is 23.8 Å². The molecule has 0 saturated heterocycles. The summed E-state index contributed by atoms with van der Waals surface area (Å²) in [5.74, 6) is -2.91. The molecule has 0 aromatic heterocycles. The predicted molar refractivity (Wildman–Crippen MR) is 69.3 cm³/mol. The fourth-order valence-electron chi connectivity index (χ4n) is 1.30. The van der Waals surface area contributed by atoms with E-state index in [4.69, 9.17) is 5.73 Å². The molecule has 1 aromatic carbocycles. The van der Waals surface area contributed by atoms with Crippen molar-refractivity contribution in [1.29, 1.82) is 0 Å². The summed E-state index contributed by atoms with van der Waals surface area (Å²) in [7, 11) is -2.79. The molecule has 1 amide bonds. The number of nitrogens with zero attached hydrogens (tertiary/aromatic N) is 1. The largest absolute Gasteiger partial charge is 0.394 e. The monoisotopic (exact) mass is 307 g/mol. The molecular weight excluding hydrogens is 292 g/mol. The van der Waals surface area contributed by atoms with Crippen LogP contribution in [0, 0.1) is 11.6 Å². The number of carbonyl (C=O) groups excluding carboxylic acids is 1. The Kier molecular flexibility index (Phi) is 5.01. The summed E-state index contributed by atoms with van der Waals surface area (Å²) >= 11 is 0. The Bertz CT molecular complexity index is 620. The number of rotatable bonds is 5. The van der Waals surface area contributed by atoms with Crippen molar-refractivity contribution in [2.45, 2.75) is 11.8 Å². The average molecular weight is 307 g/mol. The number of nitrogens with two attached hydrogens (primary N) is 1. The van der Waals surface area contributed by atoms with Crippen molar-refractivity contribution in [3.8, 4) is 0 Å². The maximum Gasteiger partial charge on any atom is 0.244 e. The van der Waals surface area contributed by atoms with Crippen molar-refractivity contribution in [2.24, 2.45) is 0 Å². The SMILES string of the molecule is CCN(C)C(=O)CNS(=O)(=O)c1ccc(F)c(N)c1F. The molecule has 0 atom stereocenters. The fraction of sp³-hybridized carbons (Fsp3) is 0.364. The number of amides is 1. The van der Waals surface area contributed by atoms with Gasteiger partial charge in [0.15, 0.2) is 5.82 Å². The van der Waals surface area contributed by atoms with Gasteiger partial charge in [-0.2, -0.15) is 0 Å². The lowest BCUT2D eigenvalue weighted by molar-refractivity contribution is -0.128. The normalized spacial score (nSPS) is 11.4. The van der Waals surface area contributed by atoms with Crippen molar-refractivity contribution < 1.29 is 22.0 Å². The molecule has 0 saturated carbocycles. The Balaban J connectivity index is 2.96. The van der Waals surface area contributed by atoms with E-state index in [1.165, 1.54) is 11.9 Å². The Morgan fingerprint density at radius 3 is 2.55 bits per heavy atom. The number of sulfonamides is 1. The molecule has 1 rings (SSSR count). The highest BCUT2D eigenvalue weighted by molar-refractivity contribution is 7.89. The van der Waals surface area contributed by atoms with Crippen molar-refractivity contribution in [2.75, 3.05) is 25.9 Å². The first-order chi connectivity index (χ1) is 9.20. The molecule has 0 unspecified atom stereocenters. The van der Waals surface area contributed by atoms with Gasteiger partial charge in [0.1, 0.15) is 16.4 Å². The lowest BCUT2D eigenvalue weighted by atomic mass is 10.3. The van der Waals surface area contributed by atoms with Gasteiger partial charge >= 0.3 is 0 Å². The van der Waals surface area contributed by atoms with Crippen molar-refractivity contribution >= 4 is 21.6 Å². The van der Waals surface area contributed by atoms with Gasteiger partial charge in [-0.15, -0.1) is 0 Å². The number of benzene rings is 1. The van der Waals surface area contributed by atoms with E-state index in [-0.39, 0.29) is 0 Å². The summed E-state index contributed by atoms with van der Waals surface area (Å²) in [5, 5.41) is 0. The van der Waals surface area contributed by atoms with Gasteiger partial charge in [-0.1, -0.05) is 0 Å². The third-order valence-corrected chi connectivity index (χ3v) is 4.11. The second-order valence-corrected chi connectivity index (χ2v) is 5.74. The number of hydrogen-bond acceptors (Lipinski definition) is 4. The molecule has 3 N–H and O–H groups in total. The first-order valence-electron chi connectivity index (χ1n) is 5.67. The topological polar surface area (TPSA) is 92.5 Å². The van der Waals surface area contributed by atoms with E-state index >= 15 is 0 Å². The molecule has 0 bridgehead atoms. The van der Waals surface area contributed by atoms with Crippen LogP contribution in [0.5, 0.6) is 0 Å². The van der Waals surface area contributed by atoms with E-state index < -0.39 is 44.7 Å². The molecule has 20 heavy (non-hydrogen) atoms. The number of carbonyl (C=O) groups is 1. The summed E-state index contributed by atoms with van der Waals surface area (Å²) in [6.07, 6.45) is 0. The van der Waals surface area contributed by atoms with E-state index in [2.05, 4.69) is 0 Å². The number of halogens is 2. The van der Waals surface area contributed by atoms with Gasteiger partial charge in [0.2, 0.25) is 15.9 Å². The first-order valence-corrected chi connectivity index (χ1v) is 7.16. The van der Waals surface area contributed by atoms with Gasteiger partial charge in [-0.05, 0) is 19.1 Å². The molecule has 0 spiro atoms. The molecule has 0 aliphatic carbocycles. The molecule has 0 heterocycles. The van der Waals surface area contributed by atoms with Gasteiger partial charge in [-0.3, -0.25) is 4.79 Å². The van der Waals surface area contributed by atoms with E-state index in [1.54, 1.807) is 6.92 Å². The van der Waals surface area contributed by atoms with Crippen LogP contribution in [-0.2, 0) is 14.8 Å². The van der Waals surface area contributed by atoms with Crippen LogP contribution >= 0.6 is 0 Å². The third-order valence-electron chi connectivity index (χ3n) is 2.69. The number of nitrogens with one attached hydrogen (secondary N) is 1. The lowest BCUT2D eigenvalue weighted by Gasteiger charge is -2.15. The number of anilines is 1. The molecule has 6 nitrogen and oxygen atoms in total. The smallest absolute Gasteiger partial charge is 0.244 e. The second-order valence-electron chi connectivity index (χ2n) is 4.01. The average Bonchev–Trinajstić information content (AvgIpc) is 2.41. The molecular formula is C11H15F2N3O3S. The van der Waals surface area contributed by atoms with E-state index in [0.717, 1.165) is 12.1 Å². The van der Waals surface area contributed by atoms with Gasteiger partial charge in [0.05, 0.1) is 6.54 Å². The summed E-state index contributed by atoms with van der Waals surface area (Å²) in [5.41, 5.74) is 4.20. The van der Waals surface area contributed by atoms with E-state index in [0.29, 0.717) is 6.54 Å². The third kappa shape index (κ3) is 3.42. The molecule has 0 radical (unpaired) electrons. The Morgan fingerprint density at radius 2 is 2.00 bits per heavy atom. The zero-order chi connectivity index (χ0) is 15.5. The molecule has 9 heteroatoms. The summed E-state index contributed by atoms with van der Waals surface area (Å²) in [4.78, 5) is 12.0. The minimum Gasteiger partial charge on any atom is -0.394 e. The van der Waals surface area contributed by atoms with Gasteiger partial charge in [-0.25, -0.2) is 21.9 Å². The number of likely N-dealkylation sites (N-methyl/N-ethyl adjacent to an activating group) is 1. The summed E-state index contributed by atoms with van der Waals surface area (Å²) < 4.78 is 52.2. The fourth-order valence-corrected chi connectivity index (χ4v) is 2.36. The van der Waals surface area contributed by atoms with E-state index in [1.807, 2.05) is 4.72 Å². The first kappa shape index (κ1) is 16.3. The van der Waals surface area contributed by atoms with Crippen LogP contribution in [0.3, 0.4) is 0 Å². The van der Waals surface area contributed by atoms with Crippen LogP contribution in [0.1, 0.15) is 6.92 Å². The Hall–Kier alpha value is -1.74. The molecule has 0 aliphatic rings. The van der Waals surface area contributed by atoms with Crippen LogP contribution in [0.15, 0.2) is 17.0 Å². The Labute approximate surface area is 115 Å². The van der Waals surface area contributed by atoms with Crippen LogP contribution in [0.2, 0.25) is 0 Å². The highest BCUT2D eigenvalue weighted by Gasteiger charge is 2.23. The van der Waals surface area contributed by atoms with E-state index in [9.17, 15) is 22.0 Å². The van der Waals surface area contributed by atoms with Gasteiger partial charge < -0.3 is 10.6 Å². The number of nitrogen functional groups attached to an aromatic ring is 1. The van der Waals surface area contributed by atoms with Crippen molar-refractivity contribution in [1.82, 2.24) is 9.62 Å². The van der Waals surface area contributed by atoms with Crippen LogP contribution in [-0.4, -0.2) is 39.4 Å². The summed E-state index contributed by atoms with van der Waals surface area (Å²) in [6.45, 7) is 1.59. The lowest BCUT2D eigenvalue weighted by Crippen LogP contribution is -2.38.